The van der Waals surface area contributed by atoms with Crippen LogP contribution in [-0.4, -0.2) is 22.1 Å². The number of nitrogens with one attached hydrogen (secondary N) is 1. The number of pyridine rings is 1. The van der Waals surface area contributed by atoms with E-state index in [1.165, 1.54) is 19.3 Å². The minimum atomic E-state index is -0.0567. The molecule has 0 saturated heterocycles. The molecule has 0 aliphatic heterocycles. The van der Waals surface area contributed by atoms with Gasteiger partial charge in [-0.15, -0.1) is 0 Å². The molecule has 0 aromatic carbocycles. The van der Waals surface area contributed by atoms with Crippen LogP contribution in [0.3, 0.4) is 0 Å². The van der Waals surface area contributed by atoms with Crippen molar-refractivity contribution in [1.29, 1.82) is 0 Å². The van der Waals surface area contributed by atoms with Gasteiger partial charge in [-0.1, -0.05) is 24.9 Å². The van der Waals surface area contributed by atoms with Crippen molar-refractivity contribution in [3.63, 3.8) is 0 Å². The van der Waals surface area contributed by atoms with Gasteiger partial charge in [0, 0.05) is 12.2 Å². The van der Waals surface area contributed by atoms with Crippen LogP contribution in [0.5, 0.6) is 0 Å². The molecule has 1 aliphatic carbocycles. The van der Waals surface area contributed by atoms with Crippen molar-refractivity contribution >= 4 is 17.0 Å². The fourth-order valence-electron chi connectivity index (χ4n) is 2.85. The highest BCUT2D eigenvalue weighted by atomic mass is 16.5. The van der Waals surface area contributed by atoms with Crippen molar-refractivity contribution in [1.82, 2.24) is 15.5 Å². The largest absolute Gasteiger partial charge is 0.349 e. The maximum Gasteiger partial charge on any atom is 0.257 e. The van der Waals surface area contributed by atoms with E-state index in [1.54, 1.807) is 12.3 Å². The Morgan fingerprint density at radius 1 is 1.40 bits per heavy atom. The number of hydrogen-bond donors (Lipinski definition) is 1. The van der Waals surface area contributed by atoms with Gasteiger partial charge in [-0.2, -0.15) is 0 Å². The van der Waals surface area contributed by atoms with E-state index in [2.05, 4.69) is 22.4 Å². The zero-order valence-corrected chi connectivity index (χ0v) is 11.8. The Morgan fingerprint density at radius 2 is 2.20 bits per heavy atom. The number of aryl methyl sites for hydroxylation is 1. The first-order valence-corrected chi connectivity index (χ1v) is 7.18. The van der Waals surface area contributed by atoms with Crippen LogP contribution in [0.4, 0.5) is 0 Å². The van der Waals surface area contributed by atoms with Crippen LogP contribution in [0.15, 0.2) is 16.8 Å². The molecule has 0 unspecified atom stereocenters. The average molecular weight is 273 g/mol. The minimum Gasteiger partial charge on any atom is -0.349 e. The predicted molar refractivity (Wildman–Crippen MR) is 75.4 cm³/mol. The Labute approximate surface area is 117 Å². The summed E-state index contributed by atoms with van der Waals surface area (Å²) in [5, 5.41) is 7.79. The lowest BCUT2D eigenvalue weighted by atomic mass is 9.86. The van der Waals surface area contributed by atoms with Crippen LogP contribution in [0.1, 0.15) is 48.7 Å². The lowest BCUT2D eigenvalue weighted by Gasteiger charge is -2.29. The smallest absolute Gasteiger partial charge is 0.257 e. The summed E-state index contributed by atoms with van der Waals surface area (Å²) in [4.78, 5) is 16.5. The number of fused-ring (bicyclic) bond motifs is 1. The van der Waals surface area contributed by atoms with Gasteiger partial charge < -0.3 is 9.84 Å². The van der Waals surface area contributed by atoms with Crippen molar-refractivity contribution in [3.8, 4) is 0 Å². The molecule has 1 aliphatic rings. The number of amides is 1. The molecular weight excluding hydrogens is 254 g/mol. The highest BCUT2D eigenvalue weighted by Gasteiger charge is 2.23. The quantitative estimate of drug-likeness (QED) is 0.913. The topological polar surface area (TPSA) is 68.0 Å². The molecule has 2 aromatic heterocycles. The number of carbonyl (C=O) groups is 1. The molecule has 1 amide bonds. The second-order valence-corrected chi connectivity index (χ2v) is 5.69. The van der Waals surface area contributed by atoms with Crippen molar-refractivity contribution in [2.75, 3.05) is 0 Å². The third kappa shape index (κ3) is 2.40. The Morgan fingerprint density at radius 3 is 3.00 bits per heavy atom. The fourth-order valence-corrected chi connectivity index (χ4v) is 2.85. The van der Waals surface area contributed by atoms with Crippen LogP contribution < -0.4 is 5.32 Å². The van der Waals surface area contributed by atoms with E-state index in [9.17, 15) is 4.79 Å². The second-order valence-electron chi connectivity index (χ2n) is 5.69. The molecule has 0 bridgehead atoms. The van der Waals surface area contributed by atoms with E-state index in [1.807, 2.05) is 6.92 Å². The zero-order chi connectivity index (χ0) is 14.1. The second kappa shape index (κ2) is 5.23. The van der Waals surface area contributed by atoms with E-state index in [4.69, 9.17) is 4.52 Å². The van der Waals surface area contributed by atoms with E-state index in [-0.39, 0.29) is 11.9 Å². The number of rotatable bonds is 2. The number of carbonyl (C=O) groups excluding carboxylic acids is 1. The number of nitrogens with zero attached hydrogens (tertiary/aromatic N) is 2. The molecule has 20 heavy (non-hydrogen) atoms. The Kier molecular flexibility index (Phi) is 3.42. The summed E-state index contributed by atoms with van der Waals surface area (Å²) in [5.74, 6) is 0.487. The molecule has 106 valence electrons. The molecule has 0 radical (unpaired) electrons. The molecule has 5 heteroatoms. The van der Waals surface area contributed by atoms with E-state index >= 15 is 0 Å². The summed E-state index contributed by atoms with van der Waals surface area (Å²) in [6, 6.07) is 2.08. The fraction of sp³-hybridized carbons (Fsp3) is 0.533. The zero-order valence-electron chi connectivity index (χ0n) is 11.8. The molecule has 2 atom stereocenters. The van der Waals surface area contributed by atoms with Gasteiger partial charge in [0.05, 0.1) is 16.6 Å². The standard InChI is InChI=1S/C15H19N3O2/c1-9-5-3-4-6-13(9)17-14(19)11-7-12-10(2)18-20-15(12)16-8-11/h7-9,13H,3-6H2,1-2H3,(H,17,19)/t9-,13+/m1/s1. The summed E-state index contributed by atoms with van der Waals surface area (Å²) < 4.78 is 5.06. The molecule has 1 N–H and O–H groups in total. The summed E-state index contributed by atoms with van der Waals surface area (Å²) in [7, 11) is 0. The Bertz CT molecular complexity index is 635. The van der Waals surface area contributed by atoms with Crippen molar-refractivity contribution in [3.05, 3.63) is 23.5 Å². The Hall–Kier alpha value is -1.91. The highest BCUT2D eigenvalue weighted by Crippen LogP contribution is 2.24. The minimum absolute atomic E-state index is 0.0567. The van der Waals surface area contributed by atoms with Gasteiger partial charge in [0.1, 0.15) is 0 Å². The molecule has 0 spiro atoms. The van der Waals surface area contributed by atoms with Crippen LogP contribution in [0, 0.1) is 12.8 Å². The van der Waals surface area contributed by atoms with Crippen molar-refractivity contribution < 1.29 is 9.32 Å². The highest BCUT2D eigenvalue weighted by molar-refractivity contribution is 5.97. The maximum atomic E-state index is 12.3. The van der Waals surface area contributed by atoms with Crippen LogP contribution in [0.25, 0.3) is 11.1 Å². The van der Waals surface area contributed by atoms with Gasteiger partial charge >= 0.3 is 0 Å². The van der Waals surface area contributed by atoms with Crippen molar-refractivity contribution in [2.24, 2.45) is 5.92 Å². The third-order valence-corrected chi connectivity index (χ3v) is 4.20. The first-order chi connectivity index (χ1) is 9.65. The van der Waals surface area contributed by atoms with Crippen molar-refractivity contribution in [2.45, 2.75) is 45.6 Å². The van der Waals surface area contributed by atoms with Gasteiger partial charge in [-0.25, -0.2) is 4.98 Å². The van der Waals surface area contributed by atoms with Gasteiger partial charge in [0.15, 0.2) is 0 Å². The van der Waals surface area contributed by atoms with E-state index in [0.29, 0.717) is 17.2 Å². The molecule has 2 heterocycles. The molecule has 3 rings (SSSR count). The van der Waals surface area contributed by atoms with Gasteiger partial charge in [0.2, 0.25) is 0 Å². The first-order valence-electron chi connectivity index (χ1n) is 7.18. The summed E-state index contributed by atoms with van der Waals surface area (Å²) in [6.07, 6.45) is 6.26. The summed E-state index contributed by atoms with van der Waals surface area (Å²) in [5.41, 5.74) is 1.81. The van der Waals surface area contributed by atoms with Gasteiger partial charge in [-0.3, -0.25) is 4.79 Å². The SMILES string of the molecule is Cc1noc2ncc(C(=O)N[C@H]3CCCC[C@H]3C)cc12. The molecule has 1 fully saturated rings. The first kappa shape index (κ1) is 13.1. The van der Waals surface area contributed by atoms with Crippen LogP contribution in [0.2, 0.25) is 0 Å². The molecule has 2 aromatic rings. The van der Waals surface area contributed by atoms with Gasteiger partial charge in [-0.05, 0) is 31.7 Å². The van der Waals surface area contributed by atoms with Crippen LogP contribution >= 0.6 is 0 Å². The number of aromatic nitrogens is 2. The monoisotopic (exact) mass is 273 g/mol. The van der Waals surface area contributed by atoms with Gasteiger partial charge in [0.25, 0.3) is 11.6 Å². The Balaban J connectivity index is 1.79. The third-order valence-electron chi connectivity index (χ3n) is 4.20. The predicted octanol–water partition coefficient (Wildman–Crippen LogP) is 2.84. The molecule has 5 nitrogen and oxygen atoms in total. The molecular formula is C15H19N3O2. The average Bonchev–Trinajstić information content (AvgIpc) is 2.82. The van der Waals surface area contributed by atoms with E-state index in [0.717, 1.165) is 17.5 Å². The van der Waals surface area contributed by atoms with E-state index < -0.39 is 0 Å². The molecule has 1 saturated carbocycles. The van der Waals surface area contributed by atoms with Crippen LogP contribution in [-0.2, 0) is 0 Å². The lowest BCUT2D eigenvalue weighted by Crippen LogP contribution is -2.41. The maximum absolute atomic E-state index is 12.3. The lowest BCUT2D eigenvalue weighted by molar-refractivity contribution is 0.0910. The number of hydrogen-bond acceptors (Lipinski definition) is 4. The normalized spacial score (nSPS) is 22.9. The summed E-state index contributed by atoms with van der Waals surface area (Å²) in [6.45, 7) is 4.05. The summed E-state index contributed by atoms with van der Waals surface area (Å²) >= 11 is 0.